The van der Waals surface area contributed by atoms with Crippen LogP contribution < -0.4 is 15.0 Å². The van der Waals surface area contributed by atoms with E-state index in [4.69, 9.17) is 9.47 Å². The number of carbonyl (C=O) groups is 1. The van der Waals surface area contributed by atoms with E-state index in [9.17, 15) is 4.79 Å². The third-order valence-corrected chi connectivity index (χ3v) is 4.56. The second kappa shape index (κ2) is 8.72. The summed E-state index contributed by atoms with van der Waals surface area (Å²) in [6.07, 6.45) is 1.41. The molecule has 1 saturated heterocycles. The van der Waals surface area contributed by atoms with Gasteiger partial charge in [-0.2, -0.15) is 0 Å². The van der Waals surface area contributed by atoms with Crippen LogP contribution in [0.25, 0.3) is 0 Å². The highest BCUT2D eigenvalue weighted by molar-refractivity contribution is 5.91. The number of ether oxygens (including phenoxy) is 2. The molecule has 0 spiro atoms. The Morgan fingerprint density at radius 1 is 1.19 bits per heavy atom. The van der Waals surface area contributed by atoms with Crippen LogP contribution in [0.4, 0.5) is 11.4 Å². The summed E-state index contributed by atoms with van der Waals surface area (Å²) in [4.78, 5) is 14.5. The maximum absolute atomic E-state index is 12.2. The Morgan fingerprint density at radius 3 is 2.58 bits per heavy atom. The average molecular weight is 354 g/mol. The quantitative estimate of drug-likeness (QED) is 0.863. The fourth-order valence-electron chi connectivity index (χ4n) is 3.08. The molecule has 1 heterocycles. The van der Waals surface area contributed by atoms with E-state index in [0.717, 1.165) is 42.4 Å². The van der Waals surface area contributed by atoms with Crippen molar-refractivity contribution in [2.45, 2.75) is 25.9 Å². The van der Waals surface area contributed by atoms with Gasteiger partial charge in [0.15, 0.2) is 0 Å². The lowest BCUT2D eigenvalue weighted by Gasteiger charge is -2.33. The number of nitrogens with one attached hydrogen (secondary N) is 1. The van der Waals surface area contributed by atoms with E-state index in [1.807, 2.05) is 36.4 Å². The first-order valence-corrected chi connectivity index (χ1v) is 9.03. The zero-order valence-corrected chi connectivity index (χ0v) is 15.4. The van der Waals surface area contributed by atoms with Gasteiger partial charge in [-0.1, -0.05) is 12.1 Å². The van der Waals surface area contributed by atoms with Crippen molar-refractivity contribution < 1.29 is 14.3 Å². The zero-order valence-electron chi connectivity index (χ0n) is 15.4. The molecule has 0 aliphatic carbocycles. The van der Waals surface area contributed by atoms with Crippen molar-refractivity contribution in [1.29, 1.82) is 0 Å². The minimum Gasteiger partial charge on any atom is -0.497 e. The molecular formula is C21H26N2O3. The molecule has 5 heteroatoms. The summed E-state index contributed by atoms with van der Waals surface area (Å²) in [6, 6.07) is 15.8. The minimum atomic E-state index is 0.0218. The molecule has 26 heavy (non-hydrogen) atoms. The Labute approximate surface area is 154 Å². The van der Waals surface area contributed by atoms with Crippen LogP contribution in [0.3, 0.4) is 0 Å². The molecule has 2 aromatic rings. The Kier molecular flexibility index (Phi) is 6.12. The second-order valence-electron chi connectivity index (χ2n) is 6.57. The smallest absolute Gasteiger partial charge is 0.224 e. The molecule has 1 N–H and O–H groups in total. The van der Waals surface area contributed by atoms with Crippen molar-refractivity contribution in [2.75, 3.05) is 37.0 Å². The largest absolute Gasteiger partial charge is 0.497 e. The van der Waals surface area contributed by atoms with Gasteiger partial charge >= 0.3 is 0 Å². The van der Waals surface area contributed by atoms with Crippen molar-refractivity contribution >= 4 is 17.3 Å². The van der Waals surface area contributed by atoms with Crippen LogP contribution in [0, 0.1) is 0 Å². The number of nitrogens with zero attached hydrogens (tertiary/aromatic N) is 1. The molecule has 138 valence electrons. The van der Waals surface area contributed by atoms with Crippen molar-refractivity contribution in [2.24, 2.45) is 0 Å². The lowest BCUT2D eigenvalue weighted by Crippen LogP contribution is -2.41. The van der Waals surface area contributed by atoms with Crippen LogP contribution in [0.15, 0.2) is 48.5 Å². The van der Waals surface area contributed by atoms with Gasteiger partial charge in [-0.05, 0) is 55.3 Å². The van der Waals surface area contributed by atoms with E-state index in [1.165, 1.54) is 0 Å². The van der Waals surface area contributed by atoms with Gasteiger partial charge in [0.25, 0.3) is 0 Å². The van der Waals surface area contributed by atoms with Gasteiger partial charge in [-0.3, -0.25) is 4.79 Å². The number of carbonyl (C=O) groups excluding carboxylic acids is 1. The first-order valence-electron chi connectivity index (χ1n) is 9.03. The number of hydrogen-bond donors (Lipinski definition) is 1. The Balaban J connectivity index is 1.49. The Morgan fingerprint density at radius 2 is 1.92 bits per heavy atom. The summed E-state index contributed by atoms with van der Waals surface area (Å²) in [6.45, 7) is 4.64. The molecule has 0 bridgehead atoms. The number of rotatable bonds is 6. The fourth-order valence-corrected chi connectivity index (χ4v) is 3.08. The normalized spacial score (nSPS) is 17.0. The predicted molar refractivity (Wildman–Crippen MR) is 104 cm³/mol. The van der Waals surface area contributed by atoms with Gasteiger partial charge in [-0.15, -0.1) is 0 Å². The number of morpholine rings is 1. The average Bonchev–Trinajstić information content (AvgIpc) is 2.67. The molecule has 0 saturated carbocycles. The molecule has 0 radical (unpaired) electrons. The van der Waals surface area contributed by atoms with Crippen molar-refractivity contribution in [3.8, 4) is 5.75 Å². The van der Waals surface area contributed by atoms with Crippen LogP contribution in [-0.2, 0) is 16.0 Å². The standard InChI is InChI=1S/C21H26N2O3/c1-16-15-23(13-14-26-16)19-8-6-18(7-9-19)22-21(24)12-5-17-3-10-20(25-2)11-4-17/h3-4,6-11,16H,5,12-15H2,1-2H3,(H,22,24). The van der Waals surface area contributed by atoms with E-state index in [2.05, 4.69) is 29.3 Å². The maximum atomic E-state index is 12.2. The van der Waals surface area contributed by atoms with Crippen LogP contribution in [0.2, 0.25) is 0 Å². The van der Waals surface area contributed by atoms with Gasteiger partial charge in [-0.25, -0.2) is 0 Å². The monoisotopic (exact) mass is 354 g/mol. The van der Waals surface area contributed by atoms with Crippen LogP contribution in [0.1, 0.15) is 18.9 Å². The topological polar surface area (TPSA) is 50.8 Å². The molecule has 1 amide bonds. The Hall–Kier alpha value is -2.53. The summed E-state index contributed by atoms with van der Waals surface area (Å²) in [5, 5.41) is 2.97. The van der Waals surface area contributed by atoms with Crippen molar-refractivity contribution in [1.82, 2.24) is 0 Å². The molecule has 1 fully saturated rings. The van der Waals surface area contributed by atoms with E-state index in [0.29, 0.717) is 12.8 Å². The van der Waals surface area contributed by atoms with E-state index >= 15 is 0 Å². The van der Waals surface area contributed by atoms with Crippen LogP contribution in [-0.4, -0.2) is 38.8 Å². The number of benzene rings is 2. The lowest BCUT2D eigenvalue weighted by atomic mass is 10.1. The number of amides is 1. The highest BCUT2D eigenvalue weighted by Gasteiger charge is 2.16. The molecular weight excluding hydrogens is 328 g/mol. The second-order valence-corrected chi connectivity index (χ2v) is 6.57. The highest BCUT2D eigenvalue weighted by atomic mass is 16.5. The van der Waals surface area contributed by atoms with E-state index < -0.39 is 0 Å². The number of methoxy groups -OCH3 is 1. The molecule has 1 atom stereocenters. The van der Waals surface area contributed by atoms with Crippen LogP contribution >= 0.6 is 0 Å². The molecule has 1 aliphatic heterocycles. The molecule has 2 aromatic carbocycles. The van der Waals surface area contributed by atoms with Gasteiger partial charge in [0.2, 0.25) is 5.91 Å². The minimum absolute atomic E-state index is 0.0218. The predicted octanol–water partition coefficient (Wildman–Crippen LogP) is 3.49. The van der Waals surface area contributed by atoms with Crippen LogP contribution in [0.5, 0.6) is 5.75 Å². The molecule has 3 rings (SSSR count). The maximum Gasteiger partial charge on any atom is 0.224 e. The highest BCUT2D eigenvalue weighted by Crippen LogP contribution is 2.20. The molecule has 5 nitrogen and oxygen atoms in total. The van der Waals surface area contributed by atoms with Gasteiger partial charge < -0.3 is 19.7 Å². The zero-order chi connectivity index (χ0) is 18.4. The third-order valence-electron chi connectivity index (χ3n) is 4.56. The summed E-state index contributed by atoms with van der Waals surface area (Å²) < 4.78 is 10.7. The van der Waals surface area contributed by atoms with E-state index in [-0.39, 0.29) is 12.0 Å². The van der Waals surface area contributed by atoms with Gasteiger partial charge in [0.05, 0.1) is 19.8 Å². The first-order chi connectivity index (χ1) is 12.6. The van der Waals surface area contributed by atoms with E-state index in [1.54, 1.807) is 7.11 Å². The first kappa shape index (κ1) is 18.3. The number of aryl methyl sites for hydroxylation is 1. The fraction of sp³-hybridized carbons (Fsp3) is 0.381. The van der Waals surface area contributed by atoms with Crippen molar-refractivity contribution in [3.63, 3.8) is 0 Å². The van der Waals surface area contributed by atoms with Gasteiger partial charge in [0, 0.05) is 30.9 Å². The van der Waals surface area contributed by atoms with Crippen molar-refractivity contribution in [3.05, 3.63) is 54.1 Å². The number of anilines is 2. The lowest BCUT2D eigenvalue weighted by molar-refractivity contribution is -0.116. The summed E-state index contributed by atoms with van der Waals surface area (Å²) in [5.41, 5.74) is 3.11. The summed E-state index contributed by atoms with van der Waals surface area (Å²) in [7, 11) is 1.65. The third kappa shape index (κ3) is 4.99. The molecule has 1 aliphatic rings. The SMILES string of the molecule is COc1ccc(CCC(=O)Nc2ccc(N3CCOC(C)C3)cc2)cc1. The molecule has 0 aromatic heterocycles. The van der Waals surface area contributed by atoms with Gasteiger partial charge in [0.1, 0.15) is 5.75 Å². The summed E-state index contributed by atoms with van der Waals surface area (Å²) in [5.74, 6) is 0.849. The Bertz CT molecular complexity index is 713. The number of hydrogen-bond acceptors (Lipinski definition) is 4. The molecule has 1 unspecified atom stereocenters. The summed E-state index contributed by atoms with van der Waals surface area (Å²) >= 11 is 0.